The highest BCUT2D eigenvalue weighted by Crippen LogP contribution is 2.35. The van der Waals surface area contributed by atoms with Crippen LogP contribution in [0.4, 0.5) is 0 Å². The minimum Gasteiger partial charge on any atom is -0.487 e. The number of hydrogen-bond acceptors (Lipinski definition) is 3. The molecule has 3 nitrogen and oxygen atoms in total. The molecule has 1 N–H and O–H groups in total. The Hall–Kier alpha value is -1.06. The van der Waals surface area contributed by atoms with E-state index in [0.717, 1.165) is 38.3 Å². The fraction of sp³-hybridized carbons (Fsp3) is 0.667. The van der Waals surface area contributed by atoms with E-state index in [1.165, 1.54) is 11.1 Å². The van der Waals surface area contributed by atoms with Gasteiger partial charge in [0.15, 0.2) is 0 Å². The van der Waals surface area contributed by atoms with E-state index in [1.54, 1.807) is 0 Å². The van der Waals surface area contributed by atoms with Gasteiger partial charge in [-0.1, -0.05) is 12.1 Å². The van der Waals surface area contributed by atoms with Crippen LogP contribution in [-0.2, 0) is 17.6 Å². The van der Waals surface area contributed by atoms with Gasteiger partial charge in [0.25, 0.3) is 0 Å². The van der Waals surface area contributed by atoms with Crippen molar-refractivity contribution in [3.05, 3.63) is 29.3 Å². The average molecular weight is 291 g/mol. The molecule has 0 aromatic heterocycles. The Morgan fingerprint density at radius 3 is 2.71 bits per heavy atom. The third-order valence-electron chi connectivity index (χ3n) is 3.56. The van der Waals surface area contributed by atoms with E-state index in [9.17, 15) is 0 Å². The highest BCUT2D eigenvalue weighted by Gasteiger charge is 2.29. The maximum absolute atomic E-state index is 5.90. The highest BCUT2D eigenvalue weighted by atomic mass is 16.5. The molecule has 1 heterocycles. The monoisotopic (exact) mass is 291 g/mol. The summed E-state index contributed by atoms with van der Waals surface area (Å²) in [7, 11) is 0. The fourth-order valence-corrected chi connectivity index (χ4v) is 2.61. The normalized spacial score (nSPS) is 16.6. The average Bonchev–Trinajstić information content (AvgIpc) is 2.65. The summed E-state index contributed by atoms with van der Waals surface area (Å²) in [6.45, 7) is 13.2. The second kappa shape index (κ2) is 6.37. The second-order valence-electron chi connectivity index (χ2n) is 7.52. The van der Waals surface area contributed by atoms with Crippen molar-refractivity contribution < 1.29 is 9.47 Å². The summed E-state index contributed by atoms with van der Waals surface area (Å²) < 4.78 is 11.6. The predicted molar refractivity (Wildman–Crippen MR) is 87.1 cm³/mol. The molecule has 0 spiro atoms. The van der Waals surface area contributed by atoms with Crippen molar-refractivity contribution in [2.24, 2.45) is 0 Å². The van der Waals surface area contributed by atoms with E-state index in [4.69, 9.17) is 9.47 Å². The van der Waals surface area contributed by atoms with Crippen LogP contribution in [0.5, 0.6) is 5.75 Å². The van der Waals surface area contributed by atoms with Gasteiger partial charge >= 0.3 is 0 Å². The molecule has 0 saturated carbocycles. The Balaban J connectivity index is 1.71. The number of benzene rings is 1. The maximum Gasteiger partial charge on any atom is 0.123 e. The van der Waals surface area contributed by atoms with E-state index in [-0.39, 0.29) is 11.1 Å². The lowest BCUT2D eigenvalue weighted by atomic mass is 9.99. The molecule has 0 atom stereocenters. The molecule has 0 amide bonds. The molecule has 0 unspecified atom stereocenters. The first-order valence-electron chi connectivity index (χ1n) is 7.89. The van der Waals surface area contributed by atoms with Crippen LogP contribution in [0.15, 0.2) is 18.2 Å². The van der Waals surface area contributed by atoms with E-state index < -0.39 is 0 Å². The Bertz CT molecular complexity index is 475. The molecule has 1 aliphatic heterocycles. The van der Waals surface area contributed by atoms with E-state index in [1.807, 2.05) is 0 Å². The Kier molecular flexibility index (Phi) is 4.95. The first-order chi connectivity index (χ1) is 9.75. The molecule has 0 bridgehead atoms. The molecule has 2 rings (SSSR count). The van der Waals surface area contributed by atoms with Gasteiger partial charge in [-0.25, -0.2) is 0 Å². The molecular weight excluding hydrogens is 262 g/mol. The van der Waals surface area contributed by atoms with Crippen molar-refractivity contribution in [3.8, 4) is 5.75 Å². The van der Waals surface area contributed by atoms with Gasteiger partial charge in [0.05, 0.1) is 13.2 Å². The second-order valence-corrected chi connectivity index (χ2v) is 7.52. The molecule has 118 valence electrons. The zero-order valence-corrected chi connectivity index (χ0v) is 14.1. The largest absolute Gasteiger partial charge is 0.487 e. The minimum atomic E-state index is -0.0594. The van der Waals surface area contributed by atoms with Crippen molar-refractivity contribution >= 4 is 0 Å². The number of fused-ring (bicyclic) bond motifs is 1. The third kappa shape index (κ3) is 5.33. The molecule has 1 aromatic carbocycles. The molecule has 0 aliphatic carbocycles. The van der Waals surface area contributed by atoms with Crippen LogP contribution in [0.1, 0.15) is 45.7 Å². The zero-order valence-electron chi connectivity index (χ0n) is 14.1. The lowest BCUT2D eigenvalue weighted by Gasteiger charge is -2.20. The van der Waals surface area contributed by atoms with E-state index in [2.05, 4.69) is 58.1 Å². The molecule has 0 saturated heterocycles. The van der Waals surface area contributed by atoms with Crippen molar-refractivity contribution in [2.75, 3.05) is 19.8 Å². The first-order valence-corrected chi connectivity index (χ1v) is 7.89. The van der Waals surface area contributed by atoms with Crippen LogP contribution >= 0.6 is 0 Å². The van der Waals surface area contributed by atoms with Gasteiger partial charge in [-0.05, 0) is 58.2 Å². The molecular formula is C18H29NO2. The number of ether oxygens (including phenoxy) is 2. The van der Waals surface area contributed by atoms with Crippen molar-refractivity contribution in [2.45, 2.75) is 58.6 Å². The van der Waals surface area contributed by atoms with Crippen LogP contribution in [0, 0.1) is 0 Å². The van der Waals surface area contributed by atoms with Crippen LogP contribution in [0.2, 0.25) is 0 Å². The lowest BCUT2D eigenvalue weighted by Crippen LogP contribution is -2.38. The highest BCUT2D eigenvalue weighted by molar-refractivity contribution is 5.41. The minimum absolute atomic E-state index is 0.0594. The van der Waals surface area contributed by atoms with Crippen LogP contribution in [0.3, 0.4) is 0 Å². The fourth-order valence-electron chi connectivity index (χ4n) is 2.61. The summed E-state index contributed by atoms with van der Waals surface area (Å²) in [5.74, 6) is 1.04. The van der Waals surface area contributed by atoms with Gasteiger partial charge in [0, 0.05) is 18.5 Å². The summed E-state index contributed by atoms with van der Waals surface area (Å²) in [6.07, 6.45) is 1.95. The topological polar surface area (TPSA) is 30.5 Å². The van der Waals surface area contributed by atoms with Crippen molar-refractivity contribution in [1.29, 1.82) is 0 Å². The Labute approximate surface area is 129 Å². The van der Waals surface area contributed by atoms with Gasteiger partial charge in [-0.15, -0.1) is 0 Å². The standard InChI is InChI=1S/C18H29NO2/c1-17(2,3)19-9-11-20-10-8-14-6-7-16-15(12-14)13-18(4,5)21-16/h6-7,12,19H,8-11,13H2,1-5H3. The Morgan fingerprint density at radius 2 is 2.00 bits per heavy atom. The Morgan fingerprint density at radius 1 is 1.24 bits per heavy atom. The molecule has 1 aromatic rings. The summed E-state index contributed by atoms with van der Waals surface area (Å²) in [4.78, 5) is 0. The number of hydrogen-bond donors (Lipinski definition) is 1. The van der Waals surface area contributed by atoms with Gasteiger partial charge in [0.2, 0.25) is 0 Å². The van der Waals surface area contributed by atoms with Crippen molar-refractivity contribution in [3.63, 3.8) is 0 Å². The molecule has 0 fully saturated rings. The third-order valence-corrected chi connectivity index (χ3v) is 3.56. The number of nitrogens with one attached hydrogen (secondary N) is 1. The van der Waals surface area contributed by atoms with E-state index in [0.29, 0.717) is 0 Å². The lowest BCUT2D eigenvalue weighted by molar-refractivity contribution is 0.133. The summed E-state index contributed by atoms with van der Waals surface area (Å²) in [6, 6.07) is 6.51. The summed E-state index contributed by atoms with van der Waals surface area (Å²) in [5, 5.41) is 3.42. The smallest absolute Gasteiger partial charge is 0.123 e. The van der Waals surface area contributed by atoms with E-state index >= 15 is 0 Å². The van der Waals surface area contributed by atoms with Gasteiger partial charge < -0.3 is 14.8 Å². The quantitative estimate of drug-likeness (QED) is 0.815. The zero-order chi connectivity index (χ0) is 15.5. The molecule has 3 heteroatoms. The van der Waals surface area contributed by atoms with Gasteiger partial charge in [-0.2, -0.15) is 0 Å². The van der Waals surface area contributed by atoms with Crippen LogP contribution in [0.25, 0.3) is 0 Å². The van der Waals surface area contributed by atoms with Gasteiger partial charge in [-0.3, -0.25) is 0 Å². The summed E-state index contributed by atoms with van der Waals surface area (Å²) in [5.41, 5.74) is 2.76. The van der Waals surface area contributed by atoms with Crippen LogP contribution < -0.4 is 10.1 Å². The molecule has 21 heavy (non-hydrogen) atoms. The SMILES string of the molecule is CC(C)(C)NCCOCCc1ccc2c(c1)CC(C)(C)O2. The summed E-state index contributed by atoms with van der Waals surface area (Å²) >= 11 is 0. The van der Waals surface area contributed by atoms with Gasteiger partial charge in [0.1, 0.15) is 11.4 Å². The van der Waals surface area contributed by atoms with Crippen molar-refractivity contribution in [1.82, 2.24) is 5.32 Å². The molecule has 0 radical (unpaired) electrons. The molecule has 1 aliphatic rings. The number of rotatable bonds is 6. The maximum atomic E-state index is 5.90. The first kappa shape index (κ1) is 16.3. The van der Waals surface area contributed by atoms with Crippen LogP contribution in [-0.4, -0.2) is 30.9 Å². The predicted octanol–water partition coefficient (Wildman–Crippen LogP) is 3.35.